The number of aromatic amines is 1. The van der Waals surface area contributed by atoms with Gasteiger partial charge in [-0.1, -0.05) is 37.6 Å². The maximum atomic E-state index is 12.7. The van der Waals surface area contributed by atoms with Crippen LogP contribution in [0.3, 0.4) is 0 Å². The first-order valence-electron chi connectivity index (χ1n) is 8.83. The van der Waals surface area contributed by atoms with Crippen molar-refractivity contribution in [1.29, 1.82) is 0 Å². The van der Waals surface area contributed by atoms with Crippen molar-refractivity contribution in [3.63, 3.8) is 0 Å². The predicted molar refractivity (Wildman–Crippen MR) is 113 cm³/mol. The van der Waals surface area contributed by atoms with Crippen molar-refractivity contribution >= 4 is 40.6 Å². The molecule has 1 aromatic carbocycles. The number of anilines is 1. The summed E-state index contributed by atoms with van der Waals surface area (Å²) in [5.74, 6) is -0.444. The lowest BCUT2D eigenvalue weighted by Gasteiger charge is -2.21. The monoisotopic (exact) mass is 416 g/mol. The minimum atomic E-state index is -0.729. The van der Waals surface area contributed by atoms with Crippen LogP contribution in [-0.2, 0) is 4.79 Å². The van der Waals surface area contributed by atoms with Crippen molar-refractivity contribution in [1.82, 2.24) is 15.5 Å². The summed E-state index contributed by atoms with van der Waals surface area (Å²) in [6.07, 6.45) is 0. The minimum Gasteiger partial charge on any atom is -0.340 e. The van der Waals surface area contributed by atoms with Crippen LogP contribution in [0.15, 0.2) is 42.5 Å². The highest BCUT2D eigenvalue weighted by Gasteiger charge is 2.26. The molecule has 0 fully saturated rings. The number of amides is 2. The molecular formula is C20H21ClN4O2S. The molecule has 0 saturated heterocycles. The van der Waals surface area contributed by atoms with E-state index in [-0.39, 0.29) is 11.8 Å². The molecule has 0 aliphatic rings. The highest BCUT2D eigenvalue weighted by atomic mass is 35.5. The Kier molecular flexibility index (Phi) is 6.16. The van der Waals surface area contributed by atoms with Gasteiger partial charge in [0.05, 0.1) is 21.2 Å². The Balaban J connectivity index is 1.71. The maximum absolute atomic E-state index is 12.7. The van der Waals surface area contributed by atoms with E-state index in [2.05, 4.69) is 20.8 Å². The van der Waals surface area contributed by atoms with E-state index in [0.29, 0.717) is 16.4 Å². The molecule has 3 N–H and O–H groups in total. The Morgan fingerprint density at radius 3 is 2.57 bits per heavy atom. The number of carbonyl (C=O) groups excluding carboxylic acids is 2. The number of rotatable bonds is 6. The zero-order valence-corrected chi connectivity index (χ0v) is 17.3. The fourth-order valence-electron chi connectivity index (χ4n) is 2.69. The van der Waals surface area contributed by atoms with Gasteiger partial charge in [0.25, 0.3) is 5.91 Å². The third-order valence-corrected chi connectivity index (χ3v) is 5.55. The first-order chi connectivity index (χ1) is 13.3. The summed E-state index contributed by atoms with van der Waals surface area (Å²) in [4.78, 5) is 27.5. The Morgan fingerprint density at radius 2 is 1.93 bits per heavy atom. The number of carbonyl (C=O) groups is 2. The van der Waals surface area contributed by atoms with Gasteiger partial charge in [-0.05, 0) is 37.1 Å². The first-order valence-corrected chi connectivity index (χ1v) is 10.0. The highest BCUT2D eigenvalue weighted by molar-refractivity contribution is 7.15. The molecule has 0 bridgehead atoms. The molecule has 28 heavy (non-hydrogen) atoms. The normalized spacial score (nSPS) is 12.0. The number of halogens is 1. The van der Waals surface area contributed by atoms with Crippen LogP contribution < -0.4 is 10.6 Å². The summed E-state index contributed by atoms with van der Waals surface area (Å²) >= 11 is 7.72. The van der Waals surface area contributed by atoms with Crippen LogP contribution in [0.1, 0.15) is 29.1 Å². The maximum Gasteiger partial charge on any atom is 0.253 e. The molecule has 146 valence electrons. The van der Waals surface area contributed by atoms with Crippen molar-refractivity contribution in [2.24, 2.45) is 5.92 Å². The summed E-state index contributed by atoms with van der Waals surface area (Å²) < 4.78 is 0. The average Bonchev–Trinajstić information content (AvgIpc) is 3.28. The number of nitrogens with one attached hydrogen (secondary N) is 3. The Morgan fingerprint density at radius 1 is 1.18 bits per heavy atom. The van der Waals surface area contributed by atoms with Crippen LogP contribution in [0.25, 0.3) is 10.6 Å². The molecule has 0 aliphatic heterocycles. The number of hydrogen-bond donors (Lipinski definition) is 3. The third kappa shape index (κ3) is 4.61. The van der Waals surface area contributed by atoms with Gasteiger partial charge in [-0.3, -0.25) is 14.7 Å². The lowest BCUT2D eigenvalue weighted by molar-refractivity contribution is -0.118. The summed E-state index contributed by atoms with van der Waals surface area (Å²) in [6.45, 7) is 5.76. The van der Waals surface area contributed by atoms with Crippen molar-refractivity contribution in [3.8, 4) is 10.6 Å². The topological polar surface area (TPSA) is 86.9 Å². The van der Waals surface area contributed by atoms with E-state index in [9.17, 15) is 9.59 Å². The van der Waals surface area contributed by atoms with E-state index < -0.39 is 11.9 Å². The molecule has 2 heterocycles. The van der Waals surface area contributed by atoms with Gasteiger partial charge in [0.2, 0.25) is 5.91 Å². The molecule has 1 atom stereocenters. The van der Waals surface area contributed by atoms with Gasteiger partial charge >= 0.3 is 0 Å². The van der Waals surface area contributed by atoms with E-state index in [1.54, 1.807) is 41.7 Å². The number of hydrogen-bond acceptors (Lipinski definition) is 4. The molecule has 2 aromatic heterocycles. The second-order valence-electron chi connectivity index (χ2n) is 6.74. The van der Waals surface area contributed by atoms with E-state index in [0.717, 1.165) is 10.6 Å². The van der Waals surface area contributed by atoms with Gasteiger partial charge in [0, 0.05) is 10.9 Å². The van der Waals surface area contributed by atoms with Crippen molar-refractivity contribution in [3.05, 3.63) is 57.9 Å². The molecule has 3 rings (SSSR count). The van der Waals surface area contributed by atoms with Crippen LogP contribution in [-0.4, -0.2) is 28.1 Å². The zero-order valence-electron chi connectivity index (χ0n) is 15.7. The molecule has 0 radical (unpaired) electrons. The lowest BCUT2D eigenvalue weighted by atomic mass is 10.0. The van der Waals surface area contributed by atoms with Crippen LogP contribution >= 0.6 is 22.9 Å². The highest BCUT2D eigenvalue weighted by Crippen LogP contribution is 2.27. The zero-order chi connectivity index (χ0) is 20.3. The number of aromatic nitrogens is 2. The summed E-state index contributed by atoms with van der Waals surface area (Å²) in [7, 11) is 0. The van der Waals surface area contributed by atoms with Crippen LogP contribution in [0.5, 0.6) is 0 Å². The molecule has 2 amide bonds. The van der Waals surface area contributed by atoms with Gasteiger partial charge in [0.15, 0.2) is 5.82 Å². The van der Waals surface area contributed by atoms with Crippen molar-refractivity contribution < 1.29 is 9.59 Å². The molecule has 0 saturated carbocycles. The lowest BCUT2D eigenvalue weighted by Crippen LogP contribution is -2.47. The van der Waals surface area contributed by atoms with Crippen LogP contribution in [0, 0.1) is 12.8 Å². The van der Waals surface area contributed by atoms with E-state index in [4.69, 9.17) is 11.6 Å². The second kappa shape index (κ2) is 8.58. The second-order valence-corrected chi connectivity index (χ2v) is 8.44. The van der Waals surface area contributed by atoms with Gasteiger partial charge < -0.3 is 10.6 Å². The summed E-state index contributed by atoms with van der Waals surface area (Å²) in [5.41, 5.74) is 1.16. The van der Waals surface area contributed by atoms with Crippen LogP contribution in [0.2, 0.25) is 5.02 Å². The number of thiophene rings is 1. The number of benzene rings is 1. The quantitative estimate of drug-likeness (QED) is 0.553. The number of aryl methyl sites for hydroxylation is 1. The Hall–Kier alpha value is -2.64. The molecule has 1 unspecified atom stereocenters. The average molecular weight is 417 g/mol. The van der Waals surface area contributed by atoms with E-state index in [1.807, 2.05) is 32.9 Å². The minimum absolute atomic E-state index is 0.121. The third-order valence-electron chi connectivity index (χ3n) is 4.19. The molecule has 6 nitrogen and oxygen atoms in total. The molecule has 0 spiro atoms. The number of H-pyrrole nitrogens is 1. The van der Waals surface area contributed by atoms with Crippen LogP contribution in [0.4, 0.5) is 5.82 Å². The standard InChI is InChI=1S/C20H21ClN4O2S/c1-11(2)18(23-19(26)13-6-4-5-7-14(13)21)20(27)22-17-10-15(24-25-17)16-9-8-12(3)28-16/h4-11,18H,1-3H3,(H,23,26)(H2,22,24,25,27). The smallest absolute Gasteiger partial charge is 0.253 e. The van der Waals surface area contributed by atoms with Crippen molar-refractivity contribution in [2.45, 2.75) is 26.8 Å². The van der Waals surface area contributed by atoms with E-state index >= 15 is 0 Å². The van der Waals surface area contributed by atoms with Gasteiger partial charge in [-0.15, -0.1) is 11.3 Å². The molecule has 0 aliphatic carbocycles. The predicted octanol–water partition coefficient (Wildman–Crippen LogP) is 4.49. The van der Waals surface area contributed by atoms with Crippen molar-refractivity contribution in [2.75, 3.05) is 5.32 Å². The molecule has 8 heteroatoms. The first kappa shape index (κ1) is 20.1. The van der Waals surface area contributed by atoms with E-state index in [1.165, 1.54) is 4.88 Å². The largest absolute Gasteiger partial charge is 0.340 e. The van der Waals surface area contributed by atoms with Gasteiger partial charge in [-0.25, -0.2) is 0 Å². The Bertz CT molecular complexity index is 996. The fourth-order valence-corrected chi connectivity index (χ4v) is 3.75. The Labute approximate surface area is 172 Å². The molecule has 3 aromatic rings. The summed E-state index contributed by atoms with van der Waals surface area (Å²) in [6, 6.07) is 11.8. The molecular weight excluding hydrogens is 396 g/mol. The number of nitrogens with zero attached hydrogens (tertiary/aromatic N) is 1. The van der Waals surface area contributed by atoms with Gasteiger partial charge in [0.1, 0.15) is 6.04 Å². The SMILES string of the molecule is Cc1ccc(-c2cc(NC(=O)C(NC(=O)c3ccccc3Cl)C(C)C)n[nH]2)s1. The fraction of sp³-hybridized carbons (Fsp3) is 0.250. The van der Waals surface area contributed by atoms with Gasteiger partial charge in [-0.2, -0.15) is 5.10 Å². The summed E-state index contributed by atoms with van der Waals surface area (Å²) in [5, 5.41) is 12.9.